The summed E-state index contributed by atoms with van der Waals surface area (Å²) in [6, 6.07) is 13.3. The van der Waals surface area contributed by atoms with Crippen molar-refractivity contribution in [2.45, 2.75) is 20.0 Å². The highest BCUT2D eigenvalue weighted by atomic mass is 35.5. The minimum absolute atomic E-state index is 0.446. The van der Waals surface area contributed by atoms with Crippen molar-refractivity contribution in [3.63, 3.8) is 0 Å². The minimum Gasteiger partial charge on any atom is -0.489 e. The predicted octanol–water partition coefficient (Wildman–Crippen LogP) is 5.42. The van der Waals surface area contributed by atoms with Gasteiger partial charge in [0.1, 0.15) is 12.4 Å². The van der Waals surface area contributed by atoms with E-state index in [-0.39, 0.29) is 0 Å². The number of rotatable bonds is 9. The zero-order chi connectivity index (χ0) is 17.2. The molecule has 0 bridgehead atoms. The van der Waals surface area contributed by atoms with E-state index in [1.54, 1.807) is 6.07 Å². The van der Waals surface area contributed by atoms with E-state index < -0.39 is 0 Å². The van der Waals surface area contributed by atoms with Crippen molar-refractivity contribution >= 4 is 29.4 Å². The number of aliphatic imine (C=N–C) groups is 1. The van der Waals surface area contributed by atoms with Gasteiger partial charge in [-0.25, -0.2) is 0 Å². The molecule has 5 heteroatoms. The van der Waals surface area contributed by atoms with E-state index in [0.717, 1.165) is 43.1 Å². The molecule has 0 atom stereocenters. The van der Waals surface area contributed by atoms with Gasteiger partial charge in [-0.05, 0) is 60.9 Å². The molecule has 0 heterocycles. The molecule has 0 aliphatic heterocycles. The fourth-order valence-corrected chi connectivity index (χ4v) is 2.34. The normalized spacial score (nSPS) is 11.1. The van der Waals surface area contributed by atoms with Crippen molar-refractivity contribution in [2.75, 3.05) is 19.8 Å². The smallest absolute Gasteiger partial charge is 0.119 e. The molecule has 24 heavy (non-hydrogen) atoms. The molecule has 0 aromatic heterocycles. The van der Waals surface area contributed by atoms with E-state index >= 15 is 0 Å². The third-order valence-electron chi connectivity index (χ3n) is 3.29. The first-order chi connectivity index (χ1) is 11.7. The largest absolute Gasteiger partial charge is 0.489 e. The van der Waals surface area contributed by atoms with Crippen LogP contribution in [0.5, 0.6) is 5.75 Å². The molecule has 0 aliphatic carbocycles. The molecule has 128 valence electrons. The Hall–Kier alpha value is -1.55. The standard InChI is InChI=1S/C19H21Cl2NO2/c1-2-23-11-3-10-22-13-15-4-7-17(8-5-15)24-14-16-6-9-18(20)19(21)12-16/h4-9,12-13H,2-3,10-11,14H2,1H3/b22-13+. The van der Waals surface area contributed by atoms with Crippen molar-refractivity contribution < 1.29 is 9.47 Å². The lowest BCUT2D eigenvalue weighted by Crippen LogP contribution is -1.96. The first-order valence-electron chi connectivity index (χ1n) is 7.93. The van der Waals surface area contributed by atoms with Gasteiger partial charge in [0.2, 0.25) is 0 Å². The highest BCUT2D eigenvalue weighted by Crippen LogP contribution is 2.23. The summed E-state index contributed by atoms with van der Waals surface area (Å²) < 4.78 is 11.0. The lowest BCUT2D eigenvalue weighted by atomic mass is 10.2. The Morgan fingerprint density at radius 1 is 1.04 bits per heavy atom. The van der Waals surface area contributed by atoms with E-state index in [4.69, 9.17) is 32.7 Å². The van der Waals surface area contributed by atoms with Crippen LogP contribution >= 0.6 is 23.2 Å². The molecule has 0 N–H and O–H groups in total. The monoisotopic (exact) mass is 365 g/mol. The molecular formula is C19H21Cl2NO2. The molecule has 0 unspecified atom stereocenters. The van der Waals surface area contributed by atoms with Crippen LogP contribution in [-0.2, 0) is 11.3 Å². The summed E-state index contributed by atoms with van der Waals surface area (Å²) in [5.41, 5.74) is 2.03. The van der Waals surface area contributed by atoms with E-state index in [1.807, 2.05) is 49.5 Å². The van der Waals surface area contributed by atoms with Crippen LogP contribution < -0.4 is 4.74 Å². The molecule has 2 aromatic rings. The summed E-state index contributed by atoms with van der Waals surface area (Å²) in [6.07, 6.45) is 2.81. The third kappa shape index (κ3) is 6.52. The Balaban J connectivity index is 1.79. The fourth-order valence-electron chi connectivity index (χ4n) is 2.02. The van der Waals surface area contributed by atoms with Crippen LogP contribution in [0.2, 0.25) is 10.0 Å². The molecule has 0 fully saturated rings. The van der Waals surface area contributed by atoms with Crippen LogP contribution in [0.1, 0.15) is 24.5 Å². The Morgan fingerprint density at radius 2 is 1.83 bits per heavy atom. The quantitative estimate of drug-likeness (QED) is 0.438. The van der Waals surface area contributed by atoms with Gasteiger partial charge in [-0.15, -0.1) is 0 Å². The number of halogens is 2. The van der Waals surface area contributed by atoms with E-state index in [9.17, 15) is 0 Å². The maximum absolute atomic E-state index is 5.99. The van der Waals surface area contributed by atoms with Crippen LogP contribution in [0.15, 0.2) is 47.5 Å². The van der Waals surface area contributed by atoms with Crippen molar-refractivity contribution in [3.8, 4) is 5.75 Å². The number of ether oxygens (including phenoxy) is 2. The third-order valence-corrected chi connectivity index (χ3v) is 4.03. The van der Waals surface area contributed by atoms with Crippen molar-refractivity contribution in [1.82, 2.24) is 0 Å². The number of benzene rings is 2. The van der Waals surface area contributed by atoms with Crippen molar-refractivity contribution in [3.05, 3.63) is 63.6 Å². The van der Waals surface area contributed by atoms with Gasteiger partial charge < -0.3 is 9.47 Å². The second-order valence-electron chi connectivity index (χ2n) is 5.19. The molecule has 2 aromatic carbocycles. The molecule has 3 nitrogen and oxygen atoms in total. The Bertz CT molecular complexity index is 657. The van der Waals surface area contributed by atoms with Gasteiger partial charge in [0.05, 0.1) is 10.0 Å². The van der Waals surface area contributed by atoms with E-state index in [0.29, 0.717) is 16.7 Å². The summed E-state index contributed by atoms with van der Waals surface area (Å²) in [4.78, 5) is 4.38. The zero-order valence-electron chi connectivity index (χ0n) is 13.7. The van der Waals surface area contributed by atoms with Gasteiger partial charge in [-0.3, -0.25) is 4.99 Å². The topological polar surface area (TPSA) is 30.8 Å². The molecule has 0 saturated carbocycles. The van der Waals surface area contributed by atoms with Gasteiger partial charge in [0, 0.05) is 26.0 Å². The van der Waals surface area contributed by atoms with Gasteiger partial charge in [-0.1, -0.05) is 29.3 Å². The maximum Gasteiger partial charge on any atom is 0.119 e. The van der Waals surface area contributed by atoms with Crippen LogP contribution in [0.25, 0.3) is 0 Å². The molecule has 2 rings (SSSR count). The maximum atomic E-state index is 5.99. The SMILES string of the molecule is CCOCCC/N=C/c1ccc(OCc2ccc(Cl)c(Cl)c2)cc1. The molecular weight excluding hydrogens is 345 g/mol. The van der Waals surface area contributed by atoms with Crippen LogP contribution in [-0.4, -0.2) is 26.0 Å². The predicted molar refractivity (Wildman–Crippen MR) is 101 cm³/mol. The Kier molecular flexibility index (Phi) is 8.10. The van der Waals surface area contributed by atoms with Crippen LogP contribution in [0.4, 0.5) is 0 Å². The van der Waals surface area contributed by atoms with Crippen LogP contribution in [0.3, 0.4) is 0 Å². The fraction of sp³-hybridized carbons (Fsp3) is 0.316. The second-order valence-corrected chi connectivity index (χ2v) is 6.01. The minimum atomic E-state index is 0.446. The first-order valence-corrected chi connectivity index (χ1v) is 8.69. The van der Waals surface area contributed by atoms with E-state index in [2.05, 4.69) is 4.99 Å². The summed E-state index contributed by atoms with van der Waals surface area (Å²) in [7, 11) is 0. The lowest BCUT2D eigenvalue weighted by molar-refractivity contribution is 0.146. The Morgan fingerprint density at radius 3 is 2.54 bits per heavy atom. The van der Waals surface area contributed by atoms with Gasteiger partial charge in [0.15, 0.2) is 0 Å². The zero-order valence-corrected chi connectivity index (χ0v) is 15.2. The van der Waals surface area contributed by atoms with Crippen molar-refractivity contribution in [1.29, 1.82) is 0 Å². The summed E-state index contributed by atoms with van der Waals surface area (Å²) in [6.45, 7) is 4.73. The molecule has 0 radical (unpaired) electrons. The van der Waals surface area contributed by atoms with Crippen LogP contribution in [0, 0.1) is 0 Å². The number of hydrogen-bond acceptors (Lipinski definition) is 3. The van der Waals surface area contributed by atoms with Crippen molar-refractivity contribution in [2.24, 2.45) is 4.99 Å². The number of nitrogens with zero attached hydrogens (tertiary/aromatic N) is 1. The first kappa shape index (κ1) is 18.8. The second kappa shape index (κ2) is 10.3. The molecule has 0 saturated heterocycles. The molecule has 0 aliphatic rings. The summed E-state index contributed by atoms with van der Waals surface area (Å²) >= 11 is 11.9. The average Bonchev–Trinajstić information content (AvgIpc) is 2.60. The van der Waals surface area contributed by atoms with E-state index in [1.165, 1.54) is 0 Å². The lowest BCUT2D eigenvalue weighted by Gasteiger charge is -2.07. The van der Waals surface area contributed by atoms with Gasteiger partial charge in [0.25, 0.3) is 0 Å². The highest BCUT2D eigenvalue weighted by Gasteiger charge is 2.01. The molecule has 0 spiro atoms. The Labute approximate surface area is 153 Å². The van der Waals surface area contributed by atoms with Gasteiger partial charge in [-0.2, -0.15) is 0 Å². The highest BCUT2D eigenvalue weighted by molar-refractivity contribution is 6.42. The number of hydrogen-bond donors (Lipinski definition) is 0. The summed E-state index contributed by atoms with van der Waals surface area (Å²) in [5, 5.41) is 1.08. The van der Waals surface area contributed by atoms with Gasteiger partial charge >= 0.3 is 0 Å². The average molecular weight is 366 g/mol. The molecule has 0 amide bonds. The summed E-state index contributed by atoms with van der Waals surface area (Å²) in [5.74, 6) is 0.801.